The number of carboxylic acids is 1. The smallest absolute Gasteiger partial charge is 0.304 e. The molecule has 190 valence electrons. The Morgan fingerprint density at radius 3 is 2.31 bits per heavy atom. The lowest BCUT2D eigenvalue weighted by atomic mass is 9.80. The maximum atomic E-state index is 13.1. The number of aliphatic carboxylic acids is 1. The molecule has 0 spiro atoms. The van der Waals surface area contributed by atoms with Gasteiger partial charge in [0, 0.05) is 18.0 Å². The SMILES string of the molecule is CCN(c1ccc(C(C)(C)CC(=O)O)cc1NC(=O)Cc1ccc(C)cc1)C1CCC(C)(O)CC1. The van der Waals surface area contributed by atoms with E-state index in [-0.39, 0.29) is 24.8 Å². The van der Waals surface area contributed by atoms with Crippen molar-refractivity contribution in [2.45, 2.75) is 90.2 Å². The number of aliphatic hydroxyl groups is 1. The first kappa shape index (κ1) is 26.7. The number of nitrogens with one attached hydrogen (secondary N) is 1. The Bertz CT molecular complexity index is 1030. The highest BCUT2D eigenvalue weighted by molar-refractivity contribution is 5.96. The van der Waals surface area contributed by atoms with Crippen LogP contribution < -0.4 is 10.2 Å². The number of carbonyl (C=O) groups excluding carboxylic acids is 1. The molecule has 0 bridgehead atoms. The molecule has 2 aromatic rings. The van der Waals surface area contributed by atoms with E-state index in [1.807, 2.05) is 70.2 Å². The van der Waals surface area contributed by atoms with Crippen LogP contribution in [0, 0.1) is 6.92 Å². The number of rotatable bonds is 9. The molecule has 0 saturated heterocycles. The predicted molar refractivity (Wildman–Crippen MR) is 141 cm³/mol. The minimum atomic E-state index is -0.853. The quantitative estimate of drug-likeness (QED) is 0.444. The summed E-state index contributed by atoms with van der Waals surface area (Å²) in [5.41, 5.74) is 3.40. The normalized spacial score (nSPS) is 20.3. The fourth-order valence-electron chi connectivity index (χ4n) is 5.03. The van der Waals surface area contributed by atoms with Gasteiger partial charge in [0.25, 0.3) is 0 Å². The third-order valence-electron chi connectivity index (χ3n) is 7.25. The van der Waals surface area contributed by atoms with Crippen LogP contribution in [0.3, 0.4) is 0 Å². The predicted octanol–water partition coefficient (Wildman–Crippen LogP) is 5.45. The van der Waals surface area contributed by atoms with E-state index in [0.29, 0.717) is 5.69 Å². The lowest BCUT2D eigenvalue weighted by Crippen LogP contribution is -2.43. The summed E-state index contributed by atoms with van der Waals surface area (Å²) in [4.78, 5) is 26.8. The molecule has 6 nitrogen and oxygen atoms in total. The van der Waals surface area contributed by atoms with Crippen LogP contribution in [-0.4, -0.2) is 40.3 Å². The summed E-state index contributed by atoms with van der Waals surface area (Å²) >= 11 is 0. The second-order valence-electron chi connectivity index (χ2n) is 10.9. The van der Waals surface area contributed by atoms with Gasteiger partial charge in [0.2, 0.25) is 5.91 Å². The van der Waals surface area contributed by atoms with E-state index < -0.39 is 17.0 Å². The maximum absolute atomic E-state index is 13.1. The first-order valence-electron chi connectivity index (χ1n) is 12.6. The van der Waals surface area contributed by atoms with Crippen molar-refractivity contribution in [3.8, 4) is 0 Å². The molecule has 1 amide bonds. The maximum Gasteiger partial charge on any atom is 0.304 e. The van der Waals surface area contributed by atoms with E-state index in [1.165, 1.54) is 0 Å². The number of hydrogen-bond donors (Lipinski definition) is 3. The van der Waals surface area contributed by atoms with Crippen molar-refractivity contribution in [2.75, 3.05) is 16.8 Å². The molecule has 1 aliphatic rings. The lowest BCUT2D eigenvalue weighted by molar-refractivity contribution is -0.138. The molecule has 1 fully saturated rings. The van der Waals surface area contributed by atoms with Gasteiger partial charge in [-0.25, -0.2) is 0 Å². The zero-order chi connectivity index (χ0) is 25.8. The van der Waals surface area contributed by atoms with Gasteiger partial charge in [0.1, 0.15) is 0 Å². The highest BCUT2D eigenvalue weighted by Crippen LogP contribution is 2.38. The van der Waals surface area contributed by atoms with Crippen molar-refractivity contribution in [2.24, 2.45) is 0 Å². The van der Waals surface area contributed by atoms with E-state index in [0.717, 1.165) is 54.6 Å². The van der Waals surface area contributed by atoms with Crippen molar-refractivity contribution in [1.29, 1.82) is 0 Å². The van der Waals surface area contributed by atoms with E-state index >= 15 is 0 Å². The number of amides is 1. The first-order chi connectivity index (χ1) is 16.4. The fourth-order valence-corrected chi connectivity index (χ4v) is 5.03. The van der Waals surface area contributed by atoms with Crippen LogP contribution in [0.15, 0.2) is 42.5 Å². The second kappa shape index (κ2) is 10.8. The topological polar surface area (TPSA) is 89.9 Å². The number of anilines is 2. The molecular weight excluding hydrogens is 440 g/mol. The van der Waals surface area contributed by atoms with Crippen molar-refractivity contribution in [3.05, 3.63) is 59.2 Å². The summed E-state index contributed by atoms with van der Waals surface area (Å²) in [5.74, 6) is -0.959. The van der Waals surface area contributed by atoms with Crippen molar-refractivity contribution in [1.82, 2.24) is 0 Å². The zero-order valence-electron chi connectivity index (χ0n) is 21.7. The van der Waals surface area contributed by atoms with E-state index in [4.69, 9.17) is 0 Å². The molecule has 6 heteroatoms. The van der Waals surface area contributed by atoms with Crippen LogP contribution in [-0.2, 0) is 21.4 Å². The van der Waals surface area contributed by atoms with Gasteiger partial charge in [-0.3, -0.25) is 9.59 Å². The number of carboxylic acid groups (broad SMARTS) is 1. The van der Waals surface area contributed by atoms with E-state index in [1.54, 1.807) is 0 Å². The summed E-state index contributed by atoms with van der Waals surface area (Å²) in [5, 5.41) is 23.0. The highest BCUT2D eigenvalue weighted by atomic mass is 16.4. The second-order valence-corrected chi connectivity index (χ2v) is 10.9. The third kappa shape index (κ3) is 7.07. The van der Waals surface area contributed by atoms with Crippen molar-refractivity contribution >= 4 is 23.3 Å². The van der Waals surface area contributed by atoms with E-state index in [9.17, 15) is 19.8 Å². The third-order valence-corrected chi connectivity index (χ3v) is 7.25. The Balaban J connectivity index is 1.93. The lowest BCUT2D eigenvalue weighted by Gasteiger charge is -2.41. The first-order valence-corrected chi connectivity index (χ1v) is 12.6. The van der Waals surface area contributed by atoms with Crippen LogP contribution in [0.4, 0.5) is 11.4 Å². The molecule has 0 radical (unpaired) electrons. The summed E-state index contributed by atoms with van der Waals surface area (Å²) in [6.07, 6.45) is 3.51. The van der Waals surface area contributed by atoms with Gasteiger partial charge in [-0.1, -0.05) is 49.7 Å². The minimum absolute atomic E-state index is 0.00169. The molecule has 0 atom stereocenters. The molecule has 0 aromatic heterocycles. The van der Waals surface area contributed by atoms with Gasteiger partial charge in [-0.2, -0.15) is 0 Å². The molecule has 1 aliphatic carbocycles. The van der Waals surface area contributed by atoms with Gasteiger partial charge < -0.3 is 20.4 Å². The number of nitrogens with zero attached hydrogens (tertiary/aromatic N) is 1. The number of hydrogen-bond acceptors (Lipinski definition) is 4. The Morgan fingerprint density at radius 1 is 1.11 bits per heavy atom. The Hall–Kier alpha value is -2.86. The van der Waals surface area contributed by atoms with Crippen molar-refractivity contribution in [3.63, 3.8) is 0 Å². The van der Waals surface area contributed by atoms with Crippen LogP contribution >= 0.6 is 0 Å². The molecule has 35 heavy (non-hydrogen) atoms. The average Bonchev–Trinajstić information content (AvgIpc) is 2.76. The zero-order valence-corrected chi connectivity index (χ0v) is 21.7. The van der Waals surface area contributed by atoms with Crippen LogP contribution in [0.2, 0.25) is 0 Å². The fraction of sp³-hybridized carbons (Fsp3) is 0.517. The summed E-state index contributed by atoms with van der Waals surface area (Å²) in [6.45, 7) is 10.6. The van der Waals surface area contributed by atoms with Gasteiger partial charge >= 0.3 is 5.97 Å². The highest BCUT2D eigenvalue weighted by Gasteiger charge is 2.33. The number of carbonyl (C=O) groups is 2. The molecule has 1 saturated carbocycles. The van der Waals surface area contributed by atoms with Crippen molar-refractivity contribution < 1.29 is 19.8 Å². The molecule has 0 unspecified atom stereocenters. The van der Waals surface area contributed by atoms with E-state index in [2.05, 4.69) is 17.1 Å². The number of aryl methyl sites for hydroxylation is 1. The Labute approximate surface area is 209 Å². The summed E-state index contributed by atoms with van der Waals surface area (Å²) in [7, 11) is 0. The minimum Gasteiger partial charge on any atom is -0.481 e. The molecule has 3 rings (SSSR count). The molecule has 0 aliphatic heterocycles. The summed E-state index contributed by atoms with van der Waals surface area (Å²) < 4.78 is 0. The molecule has 0 heterocycles. The van der Waals surface area contributed by atoms with Crippen LogP contribution in [0.25, 0.3) is 0 Å². The van der Waals surface area contributed by atoms with Crippen LogP contribution in [0.5, 0.6) is 0 Å². The largest absolute Gasteiger partial charge is 0.481 e. The van der Waals surface area contributed by atoms with Gasteiger partial charge in [-0.05, 0) is 69.7 Å². The molecular formula is C29H40N2O4. The standard InChI is InChI=1S/C29H40N2O4/c1-6-31(23-13-15-29(5,35)16-14-23)25-12-11-22(28(3,4)19-27(33)34)18-24(25)30-26(32)17-21-9-7-20(2)8-10-21/h7-12,18,23,35H,6,13-17,19H2,1-5H3,(H,30,32)(H,33,34). The molecule has 3 N–H and O–H groups in total. The van der Waals surface area contributed by atoms with Crippen LogP contribution in [0.1, 0.15) is 76.5 Å². The van der Waals surface area contributed by atoms with Gasteiger partial charge in [-0.15, -0.1) is 0 Å². The number of benzene rings is 2. The monoisotopic (exact) mass is 480 g/mol. The summed E-state index contributed by atoms with van der Waals surface area (Å²) in [6, 6.07) is 14.1. The van der Waals surface area contributed by atoms with Gasteiger partial charge in [0.05, 0.1) is 29.8 Å². The Morgan fingerprint density at radius 2 is 1.74 bits per heavy atom. The Kier molecular flexibility index (Phi) is 8.26. The molecule has 2 aromatic carbocycles. The van der Waals surface area contributed by atoms with Gasteiger partial charge in [0.15, 0.2) is 0 Å². The average molecular weight is 481 g/mol.